The SMILES string of the molecule is O=C(CC(Cc1ccccc1)c1ccco1)NC1CCC(C(=O)O)CC1. The summed E-state index contributed by atoms with van der Waals surface area (Å²) in [5.41, 5.74) is 1.17. The van der Waals surface area contributed by atoms with Crippen LogP contribution in [0.3, 0.4) is 0 Å². The van der Waals surface area contributed by atoms with Crippen molar-refractivity contribution in [2.75, 3.05) is 0 Å². The molecule has 2 N–H and O–H groups in total. The fourth-order valence-corrected chi connectivity index (χ4v) is 3.69. The van der Waals surface area contributed by atoms with Gasteiger partial charge in [0.2, 0.25) is 5.91 Å². The van der Waals surface area contributed by atoms with Gasteiger partial charge in [0.05, 0.1) is 12.2 Å². The zero-order chi connectivity index (χ0) is 18.4. The molecule has 1 aromatic heterocycles. The minimum absolute atomic E-state index is 0.00102. The van der Waals surface area contributed by atoms with Crippen molar-refractivity contribution in [1.29, 1.82) is 0 Å². The normalized spacial score (nSPS) is 21.1. The second-order valence-electron chi connectivity index (χ2n) is 7.06. The molecule has 1 aliphatic carbocycles. The number of nitrogens with one attached hydrogen (secondary N) is 1. The fraction of sp³-hybridized carbons (Fsp3) is 0.429. The van der Waals surface area contributed by atoms with Crippen LogP contribution in [0.2, 0.25) is 0 Å². The van der Waals surface area contributed by atoms with E-state index in [1.54, 1.807) is 6.26 Å². The lowest BCUT2D eigenvalue weighted by molar-refractivity contribution is -0.142. The van der Waals surface area contributed by atoms with E-state index in [-0.39, 0.29) is 23.8 Å². The first-order chi connectivity index (χ1) is 12.6. The summed E-state index contributed by atoms with van der Waals surface area (Å²) in [4.78, 5) is 23.6. The fourth-order valence-electron chi connectivity index (χ4n) is 3.69. The largest absolute Gasteiger partial charge is 0.481 e. The molecule has 0 spiro atoms. The summed E-state index contributed by atoms with van der Waals surface area (Å²) in [7, 11) is 0. The van der Waals surface area contributed by atoms with Crippen LogP contribution < -0.4 is 5.32 Å². The van der Waals surface area contributed by atoms with Crippen LogP contribution in [0.5, 0.6) is 0 Å². The first-order valence-electron chi connectivity index (χ1n) is 9.21. The number of benzene rings is 1. The highest BCUT2D eigenvalue weighted by Gasteiger charge is 2.27. The van der Waals surface area contributed by atoms with E-state index in [4.69, 9.17) is 9.52 Å². The second kappa shape index (κ2) is 8.70. The number of hydrogen-bond acceptors (Lipinski definition) is 3. The number of hydrogen-bond donors (Lipinski definition) is 2. The van der Waals surface area contributed by atoms with Crippen LogP contribution in [0.25, 0.3) is 0 Å². The molecule has 1 aliphatic rings. The van der Waals surface area contributed by atoms with Crippen LogP contribution in [0.4, 0.5) is 0 Å². The summed E-state index contributed by atoms with van der Waals surface area (Å²) in [5.74, 6) is -0.185. The molecule has 0 radical (unpaired) electrons. The highest BCUT2D eigenvalue weighted by atomic mass is 16.4. The lowest BCUT2D eigenvalue weighted by Gasteiger charge is -2.27. The highest BCUT2D eigenvalue weighted by molar-refractivity contribution is 5.77. The van der Waals surface area contributed by atoms with E-state index < -0.39 is 5.97 Å². The van der Waals surface area contributed by atoms with Crippen molar-refractivity contribution in [2.45, 2.75) is 50.5 Å². The molecule has 26 heavy (non-hydrogen) atoms. The molecule has 1 fully saturated rings. The monoisotopic (exact) mass is 355 g/mol. The van der Waals surface area contributed by atoms with Gasteiger partial charge in [-0.05, 0) is 49.8 Å². The molecule has 1 unspecified atom stereocenters. The summed E-state index contributed by atoms with van der Waals surface area (Å²) in [6.07, 6.45) is 5.46. The van der Waals surface area contributed by atoms with Crippen LogP contribution in [0.1, 0.15) is 49.3 Å². The van der Waals surface area contributed by atoms with Gasteiger partial charge in [-0.3, -0.25) is 9.59 Å². The Bertz CT molecular complexity index is 703. The molecule has 0 aliphatic heterocycles. The Balaban J connectivity index is 1.57. The van der Waals surface area contributed by atoms with Crippen molar-refractivity contribution < 1.29 is 19.1 Å². The summed E-state index contributed by atoms with van der Waals surface area (Å²) in [6, 6.07) is 13.9. The van der Waals surface area contributed by atoms with Gasteiger partial charge in [0.25, 0.3) is 0 Å². The molecule has 5 nitrogen and oxygen atoms in total. The number of aliphatic carboxylic acids is 1. The Labute approximate surface area is 153 Å². The van der Waals surface area contributed by atoms with E-state index in [2.05, 4.69) is 17.4 Å². The Morgan fingerprint density at radius 1 is 1.08 bits per heavy atom. The highest BCUT2D eigenvalue weighted by Crippen LogP contribution is 2.27. The first-order valence-corrected chi connectivity index (χ1v) is 9.21. The van der Waals surface area contributed by atoms with Crippen molar-refractivity contribution >= 4 is 11.9 Å². The van der Waals surface area contributed by atoms with Gasteiger partial charge >= 0.3 is 5.97 Å². The number of carboxylic acids is 1. The maximum absolute atomic E-state index is 12.6. The molecular formula is C21H25NO4. The van der Waals surface area contributed by atoms with Gasteiger partial charge in [-0.15, -0.1) is 0 Å². The van der Waals surface area contributed by atoms with Crippen molar-refractivity contribution in [2.24, 2.45) is 5.92 Å². The third-order valence-electron chi connectivity index (χ3n) is 5.14. The number of amides is 1. The Morgan fingerprint density at radius 2 is 1.81 bits per heavy atom. The Morgan fingerprint density at radius 3 is 2.42 bits per heavy atom. The molecule has 2 aromatic rings. The third-order valence-corrected chi connectivity index (χ3v) is 5.14. The van der Waals surface area contributed by atoms with Crippen LogP contribution in [0, 0.1) is 5.92 Å². The molecule has 3 rings (SSSR count). The quantitative estimate of drug-likeness (QED) is 0.793. The van der Waals surface area contributed by atoms with Gasteiger partial charge in [0.1, 0.15) is 5.76 Å². The Hall–Kier alpha value is -2.56. The average Bonchev–Trinajstić information content (AvgIpc) is 3.17. The molecule has 1 heterocycles. The number of carbonyl (C=O) groups excluding carboxylic acids is 1. The zero-order valence-electron chi connectivity index (χ0n) is 14.8. The molecule has 138 valence electrons. The Kier molecular flexibility index (Phi) is 6.10. The van der Waals surface area contributed by atoms with Gasteiger partial charge < -0.3 is 14.8 Å². The topological polar surface area (TPSA) is 79.5 Å². The van der Waals surface area contributed by atoms with Gasteiger partial charge in [0.15, 0.2) is 0 Å². The predicted molar refractivity (Wildman–Crippen MR) is 97.7 cm³/mol. The maximum atomic E-state index is 12.6. The molecule has 5 heteroatoms. The smallest absolute Gasteiger partial charge is 0.306 e. The van der Waals surface area contributed by atoms with E-state index in [0.29, 0.717) is 19.3 Å². The molecule has 0 saturated heterocycles. The predicted octanol–water partition coefficient (Wildman–Crippen LogP) is 3.76. The van der Waals surface area contributed by atoms with Crippen molar-refractivity contribution in [1.82, 2.24) is 5.32 Å². The summed E-state index contributed by atoms with van der Waals surface area (Å²) in [6.45, 7) is 0. The van der Waals surface area contributed by atoms with E-state index in [0.717, 1.165) is 25.0 Å². The molecule has 1 amide bonds. The molecule has 0 bridgehead atoms. The van der Waals surface area contributed by atoms with Gasteiger partial charge in [-0.25, -0.2) is 0 Å². The van der Waals surface area contributed by atoms with E-state index in [9.17, 15) is 9.59 Å². The zero-order valence-corrected chi connectivity index (χ0v) is 14.8. The standard InChI is InChI=1S/C21H25NO4/c23-20(22-18-10-8-16(9-11-18)21(24)25)14-17(19-7-4-12-26-19)13-15-5-2-1-3-6-15/h1-7,12,16-18H,8-11,13-14H2,(H,22,23)(H,24,25). The molecule has 1 atom stereocenters. The average molecular weight is 355 g/mol. The maximum Gasteiger partial charge on any atom is 0.306 e. The lowest BCUT2D eigenvalue weighted by atomic mass is 9.86. The van der Waals surface area contributed by atoms with Crippen molar-refractivity contribution in [3.05, 3.63) is 60.1 Å². The van der Waals surface area contributed by atoms with Crippen molar-refractivity contribution in [3.63, 3.8) is 0 Å². The van der Waals surface area contributed by atoms with Gasteiger partial charge in [-0.2, -0.15) is 0 Å². The molecule has 1 saturated carbocycles. The first kappa shape index (κ1) is 18.2. The minimum atomic E-state index is -0.726. The number of carboxylic acid groups (broad SMARTS) is 1. The van der Waals surface area contributed by atoms with E-state index in [1.807, 2.05) is 30.3 Å². The second-order valence-corrected chi connectivity index (χ2v) is 7.06. The van der Waals surface area contributed by atoms with Gasteiger partial charge in [-0.1, -0.05) is 30.3 Å². The van der Waals surface area contributed by atoms with Crippen molar-refractivity contribution in [3.8, 4) is 0 Å². The third kappa shape index (κ3) is 4.97. The van der Waals surface area contributed by atoms with Crippen LogP contribution in [0.15, 0.2) is 53.1 Å². The van der Waals surface area contributed by atoms with E-state index >= 15 is 0 Å². The lowest BCUT2D eigenvalue weighted by Crippen LogP contribution is -2.39. The van der Waals surface area contributed by atoms with Crippen LogP contribution in [-0.2, 0) is 16.0 Å². The number of carbonyl (C=O) groups is 2. The number of rotatable bonds is 7. The minimum Gasteiger partial charge on any atom is -0.481 e. The van der Waals surface area contributed by atoms with E-state index in [1.165, 1.54) is 5.56 Å². The van der Waals surface area contributed by atoms with Crippen LogP contribution in [-0.4, -0.2) is 23.0 Å². The summed E-state index contributed by atoms with van der Waals surface area (Å²) in [5, 5.41) is 12.2. The summed E-state index contributed by atoms with van der Waals surface area (Å²) >= 11 is 0. The number of furan rings is 1. The summed E-state index contributed by atoms with van der Waals surface area (Å²) < 4.78 is 5.55. The van der Waals surface area contributed by atoms with Gasteiger partial charge in [0, 0.05) is 18.4 Å². The molecule has 1 aromatic carbocycles. The molecular weight excluding hydrogens is 330 g/mol. The van der Waals surface area contributed by atoms with Crippen LogP contribution >= 0.6 is 0 Å².